The molecule has 5 aromatic rings. The number of carbonyl (C=O) groups is 1. The van der Waals surface area contributed by atoms with Gasteiger partial charge in [0.2, 0.25) is 0 Å². The van der Waals surface area contributed by atoms with Crippen LogP contribution in [0.2, 0.25) is 0 Å². The van der Waals surface area contributed by atoms with E-state index in [2.05, 4.69) is 41.1 Å². The first-order valence-corrected chi connectivity index (χ1v) is 12.6. The van der Waals surface area contributed by atoms with E-state index >= 15 is 0 Å². The van der Waals surface area contributed by atoms with Crippen molar-refractivity contribution in [1.82, 2.24) is 0 Å². The molecule has 5 aromatic carbocycles. The van der Waals surface area contributed by atoms with Crippen molar-refractivity contribution in [1.29, 1.82) is 0 Å². The van der Waals surface area contributed by atoms with Crippen molar-refractivity contribution in [2.24, 2.45) is 0 Å². The molecular weight excluding hydrogens is 474 g/mol. The lowest BCUT2D eigenvalue weighted by molar-refractivity contribution is 0.0693. The Kier molecular flexibility index (Phi) is 6.66. The van der Waals surface area contributed by atoms with Gasteiger partial charge in [-0.1, -0.05) is 90.6 Å². The van der Waals surface area contributed by atoms with E-state index < -0.39 is 5.97 Å². The highest BCUT2D eigenvalue weighted by Crippen LogP contribution is 2.44. The molecule has 3 N–H and O–H groups in total. The van der Waals surface area contributed by atoms with E-state index in [9.17, 15) is 15.0 Å². The predicted molar refractivity (Wildman–Crippen MR) is 144 cm³/mol. The van der Waals surface area contributed by atoms with E-state index in [0.29, 0.717) is 15.2 Å². The van der Waals surface area contributed by atoms with E-state index in [1.807, 2.05) is 48.5 Å². The highest BCUT2D eigenvalue weighted by atomic mass is 32.2. The quantitative estimate of drug-likeness (QED) is 0.156. The Morgan fingerprint density at radius 2 is 1.31 bits per heavy atom. The van der Waals surface area contributed by atoms with Crippen molar-refractivity contribution in [3.05, 3.63) is 115 Å². The minimum absolute atomic E-state index is 0.133. The third kappa shape index (κ3) is 4.99. The van der Waals surface area contributed by atoms with Gasteiger partial charge < -0.3 is 14.9 Å². The summed E-state index contributed by atoms with van der Waals surface area (Å²) in [5, 5.41) is 22.1. The summed E-state index contributed by atoms with van der Waals surface area (Å²) in [7, 11) is 0. The van der Waals surface area contributed by atoms with Gasteiger partial charge in [-0.15, -0.1) is 0 Å². The number of hydrogen-bond acceptors (Lipinski definition) is 5. The number of hydrogen-bond donors (Lipinski definition) is 3. The molecule has 0 aliphatic rings. The number of aromatic hydroxyl groups is 1. The SMILES string of the molecule is O=C(O)c1ccccc1Sc1cc(NSc2ccc(-c3ccccc3)cc2)c2ccccc2c1O. The van der Waals surface area contributed by atoms with Gasteiger partial charge in [0.1, 0.15) is 5.75 Å². The molecule has 0 heterocycles. The second-order valence-corrected chi connectivity index (χ2v) is 9.78. The first-order chi connectivity index (χ1) is 17.1. The molecule has 172 valence electrons. The average Bonchev–Trinajstić information content (AvgIpc) is 2.90. The first-order valence-electron chi connectivity index (χ1n) is 10.9. The maximum atomic E-state index is 11.7. The third-order valence-electron chi connectivity index (χ3n) is 5.56. The summed E-state index contributed by atoms with van der Waals surface area (Å²) in [4.78, 5) is 13.9. The summed E-state index contributed by atoms with van der Waals surface area (Å²) in [6.07, 6.45) is 0. The van der Waals surface area contributed by atoms with E-state index in [1.54, 1.807) is 24.3 Å². The molecule has 0 aromatic heterocycles. The van der Waals surface area contributed by atoms with Crippen LogP contribution in [-0.2, 0) is 0 Å². The van der Waals surface area contributed by atoms with Crippen LogP contribution in [0.4, 0.5) is 5.69 Å². The van der Waals surface area contributed by atoms with E-state index in [-0.39, 0.29) is 11.3 Å². The average molecular weight is 496 g/mol. The van der Waals surface area contributed by atoms with Crippen LogP contribution in [0, 0.1) is 0 Å². The van der Waals surface area contributed by atoms with E-state index in [4.69, 9.17) is 0 Å². The summed E-state index contributed by atoms with van der Waals surface area (Å²) < 4.78 is 3.43. The Hall–Kier alpha value is -3.87. The Morgan fingerprint density at radius 3 is 2.06 bits per heavy atom. The van der Waals surface area contributed by atoms with Crippen molar-refractivity contribution in [3.63, 3.8) is 0 Å². The molecule has 0 saturated carbocycles. The minimum Gasteiger partial charge on any atom is -0.506 e. The number of aromatic carboxylic acids is 1. The van der Waals surface area contributed by atoms with Crippen LogP contribution in [0.5, 0.6) is 5.75 Å². The molecule has 0 spiro atoms. The predicted octanol–water partition coefficient (Wildman–Crippen LogP) is 8.18. The number of rotatable bonds is 7. The zero-order chi connectivity index (χ0) is 24.2. The van der Waals surface area contributed by atoms with Crippen LogP contribution in [-0.4, -0.2) is 16.2 Å². The summed E-state index contributed by atoms with van der Waals surface area (Å²) in [5.74, 6) is -0.866. The molecule has 35 heavy (non-hydrogen) atoms. The van der Waals surface area contributed by atoms with Crippen LogP contribution in [0.3, 0.4) is 0 Å². The lowest BCUT2D eigenvalue weighted by atomic mass is 10.1. The Morgan fingerprint density at radius 1 is 0.686 bits per heavy atom. The molecule has 0 fully saturated rings. The smallest absolute Gasteiger partial charge is 0.336 e. The van der Waals surface area contributed by atoms with Crippen LogP contribution >= 0.6 is 23.7 Å². The van der Waals surface area contributed by atoms with Crippen molar-refractivity contribution in [3.8, 4) is 16.9 Å². The van der Waals surface area contributed by atoms with Crippen LogP contribution in [0.15, 0.2) is 124 Å². The second kappa shape index (κ2) is 10.2. The number of nitrogens with one attached hydrogen (secondary N) is 1. The van der Waals surface area contributed by atoms with Crippen molar-refractivity contribution in [2.75, 3.05) is 4.72 Å². The van der Waals surface area contributed by atoms with Gasteiger partial charge in [-0.05, 0) is 53.4 Å². The van der Waals surface area contributed by atoms with E-state index in [0.717, 1.165) is 21.5 Å². The number of anilines is 1. The molecule has 0 saturated heterocycles. The maximum Gasteiger partial charge on any atom is 0.336 e. The molecule has 0 aliphatic heterocycles. The number of phenolic OH excluding ortho intramolecular Hbond substituents is 1. The maximum absolute atomic E-state index is 11.7. The summed E-state index contributed by atoms with van der Waals surface area (Å²) in [5.41, 5.74) is 3.36. The van der Waals surface area contributed by atoms with Gasteiger partial charge >= 0.3 is 5.97 Å². The third-order valence-corrected chi connectivity index (χ3v) is 7.50. The van der Waals surface area contributed by atoms with E-state index in [1.165, 1.54) is 29.3 Å². The van der Waals surface area contributed by atoms with Gasteiger partial charge in [-0.2, -0.15) is 0 Å². The zero-order valence-electron chi connectivity index (χ0n) is 18.5. The second-order valence-electron chi connectivity index (χ2n) is 7.81. The van der Waals surface area contributed by atoms with Gasteiger partial charge in [0, 0.05) is 20.6 Å². The monoisotopic (exact) mass is 495 g/mol. The van der Waals surface area contributed by atoms with Gasteiger partial charge in [0.05, 0.1) is 16.1 Å². The number of fused-ring (bicyclic) bond motifs is 1. The molecule has 5 rings (SSSR count). The molecule has 0 atom stereocenters. The first kappa shape index (κ1) is 22.9. The lowest BCUT2D eigenvalue weighted by Crippen LogP contribution is -1.98. The van der Waals surface area contributed by atoms with Crippen molar-refractivity contribution < 1.29 is 15.0 Å². The normalized spacial score (nSPS) is 10.9. The zero-order valence-corrected chi connectivity index (χ0v) is 20.1. The molecule has 0 unspecified atom stereocenters. The van der Waals surface area contributed by atoms with Crippen LogP contribution in [0.25, 0.3) is 21.9 Å². The number of phenols is 1. The molecular formula is C29H21NO3S2. The molecule has 0 aliphatic carbocycles. The summed E-state index contributed by atoms with van der Waals surface area (Å²) in [6.45, 7) is 0. The van der Waals surface area contributed by atoms with Crippen LogP contribution < -0.4 is 4.72 Å². The number of benzene rings is 5. The van der Waals surface area contributed by atoms with Gasteiger partial charge in [-0.3, -0.25) is 0 Å². The standard InChI is InChI=1S/C29H21NO3S2/c31-28-23-11-5-4-10-22(23)25(18-27(28)34-26-13-7-6-12-24(26)29(32)33)30-35-21-16-14-20(15-17-21)19-8-2-1-3-9-19/h1-18,30-31H,(H,32,33). The fraction of sp³-hybridized carbons (Fsp3) is 0. The Bertz CT molecular complexity index is 1500. The van der Waals surface area contributed by atoms with Crippen molar-refractivity contribution >= 4 is 46.1 Å². The highest BCUT2D eigenvalue weighted by molar-refractivity contribution is 8.00. The Balaban J connectivity index is 1.44. The molecule has 6 heteroatoms. The summed E-state index contributed by atoms with van der Waals surface area (Å²) in [6, 6.07) is 34.9. The summed E-state index contributed by atoms with van der Waals surface area (Å²) >= 11 is 2.73. The molecule has 4 nitrogen and oxygen atoms in total. The largest absolute Gasteiger partial charge is 0.506 e. The lowest BCUT2D eigenvalue weighted by Gasteiger charge is -2.15. The molecule has 0 bridgehead atoms. The van der Waals surface area contributed by atoms with Gasteiger partial charge in [-0.25, -0.2) is 4.79 Å². The topological polar surface area (TPSA) is 69.6 Å². The van der Waals surface area contributed by atoms with Gasteiger partial charge in [0.25, 0.3) is 0 Å². The molecule has 0 radical (unpaired) electrons. The number of carboxylic acids is 1. The van der Waals surface area contributed by atoms with Gasteiger partial charge in [0.15, 0.2) is 0 Å². The highest BCUT2D eigenvalue weighted by Gasteiger charge is 2.16. The number of carboxylic acid groups (broad SMARTS) is 1. The fourth-order valence-electron chi connectivity index (χ4n) is 3.81. The van der Waals surface area contributed by atoms with Crippen molar-refractivity contribution in [2.45, 2.75) is 14.7 Å². The van der Waals surface area contributed by atoms with Crippen LogP contribution in [0.1, 0.15) is 10.4 Å². The Labute approximate surface area is 211 Å². The minimum atomic E-state index is -0.999. The molecule has 0 amide bonds. The fourth-order valence-corrected chi connectivity index (χ4v) is 5.51.